The number of carbonyl (C=O) groups is 1. The van der Waals surface area contributed by atoms with Crippen molar-refractivity contribution in [3.8, 4) is 0 Å². The minimum atomic E-state index is -1.000. The fourth-order valence-electron chi connectivity index (χ4n) is 1.01. The third-order valence-electron chi connectivity index (χ3n) is 1.88. The number of thiocarbonyl (C=S) groups is 1. The fraction of sp³-hybridized carbons (Fsp3) is 0.100. The highest BCUT2D eigenvalue weighted by Gasteiger charge is 2.06. The van der Waals surface area contributed by atoms with E-state index in [-0.39, 0.29) is 10.7 Å². The Hall–Kier alpha value is -1.95. The monoisotopic (exact) mass is 237 g/mol. The quantitative estimate of drug-likeness (QED) is 0.464. The van der Waals surface area contributed by atoms with Crippen molar-refractivity contribution in [2.45, 2.75) is 0 Å². The smallest absolute Gasteiger partial charge is 0.336 e. The maximum Gasteiger partial charge on any atom is 0.336 e. The molecular weight excluding hydrogens is 226 g/mol. The van der Waals surface area contributed by atoms with Gasteiger partial charge in [0.05, 0.1) is 11.8 Å². The molecule has 16 heavy (non-hydrogen) atoms. The third kappa shape index (κ3) is 3.03. The summed E-state index contributed by atoms with van der Waals surface area (Å²) in [5, 5.41) is 14.2. The van der Waals surface area contributed by atoms with Gasteiger partial charge in [0.25, 0.3) is 0 Å². The van der Waals surface area contributed by atoms with Gasteiger partial charge < -0.3 is 10.8 Å². The van der Waals surface area contributed by atoms with Crippen LogP contribution in [0.5, 0.6) is 0 Å². The summed E-state index contributed by atoms with van der Waals surface area (Å²) in [6.07, 6.45) is 1.41. The average molecular weight is 237 g/mol. The van der Waals surface area contributed by atoms with Gasteiger partial charge >= 0.3 is 5.97 Å². The van der Waals surface area contributed by atoms with Gasteiger partial charge in [-0.3, -0.25) is 0 Å². The van der Waals surface area contributed by atoms with Gasteiger partial charge in [0.15, 0.2) is 5.11 Å². The summed E-state index contributed by atoms with van der Waals surface area (Å²) >= 11 is 4.69. The Morgan fingerprint density at radius 1 is 1.56 bits per heavy atom. The summed E-state index contributed by atoms with van der Waals surface area (Å²) in [7, 11) is 1.59. The largest absolute Gasteiger partial charge is 0.478 e. The SMILES string of the molecule is CN(/N=C\c1ccccc1C(=O)O)C(N)=S. The van der Waals surface area contributed by atoms with Gasteiger partial charge in [0.2, 0.25) is 0 Å². The molecule has 0 aliphatic heterocycles. The highest BCUT2D eigenvalue weighted by Crippen LogP contribution is 2.06. The molecular formula is C10H11N3O2S. The summed E-state index contributed by atoms with van der Waals surface area (Å²) in [4.78, 5) is 10.9. The predicted octanol–water partition coefficient (Wildman–Crippen LogP) is 0.894. The topological polar surface area (TPSA) is 78.9 Å². The van der Waals surface area contributed by atoms with E-state index in [4.69, 9.17) is 23.1 Å². The summed E-state index contributed by atoms with van der Waals surface area (Å²) in [5.74, 6) is -1.000. The van der Waals surface area contributed by atoms with Crippen molar-refractivity contribution in [1.82, 2.24) is 5.01 Å². The van der Waals surface area contributed by atoms with Crippen LogP contribution in [-0.2, 0) is 0 Å². The summed E-state index contributed by atoms with van der Waals surface area (Å²) in [6, 6.07) is 6.54. The molecule has 1 rings (SSSR count). The van der Waals surface area contributed by atoms with E-state index < -0.39 is 5.97 Å². The molecule has 6 heteroatoms. The number of carboxylic acid groups (broad SMARTS) is 1. The van der Waals surface area contributed by atoms with Crippen LogP contribution in [0, 0.1) is 0 Å². The highest BCUT2D eigenvalue weighted by molar-refractivity contribution is 7.80. The molecule has 1 aromatic rings. The number of hydrogen-bond donors (Lipinski definition) is 2. The van der Waals surface area contributed by atoms with Crippen LogP contribution in [0.2, 0.25) is 0 Å². The molecule has 0 fully saturated rings. The molecule has 0 atom stereocenters. The number of nitrogens with two attached hydrogens (primary N) is 1. The molecule has 0 saturated heterocycles. The molecule has 0 aromatic heterocycles. The van der Waals surface area contributed by atoms with Gasteiger partial charge in [0, 0.05) is 12.6 Å². The number of nitrogens with zero attached hydrogens (tertiary/aromatic N) is 2. The van der Waals surface area contributed by atoms with Crippen molar-refractivity contribution >= 4 is 29.5 Å². The van der Waals surface area contributed by atoms with Gasteiger partial charge in [-0.15, -0.1) is 0 Å². The normalized spacial score (nSPS) is 10.3. The summed E-state index contributed by atoms with van der Waals surface area (Å²) in [6.45, 7) is 0. The summed E-state index contributed by atoms with van der Waals surface area (Å²) < 4.78 is 0. The van der Waals surface area contributed by atoms with Crippen molar-refractivity contribution in [3.63, 3.8) is 0 Å². The molecule has 0 unspecified atom stereocenters. The van der Waals surface area contributed by atoms with Crippen LogP contribution in [0.4, 0.5) is 0 Å². The standard InChI is InChI=1S/C10H11N3O2S/c1-13(10(11)16)12-6-7-4-2-3-5-8(7)9(14)15/h2-6H,1H3,(H2,11,16)(H,14,15)/b12-6-. The molecule has 0 aliphatic carbocycles. The molecule has 0 spiro atoms. The van der Waals surface area contributed by atoms with E-state index in [2.05, 4.69) is 5.10 Å². The van der Waals surface area contributed by atoms with Gasteiger partial charge in [-0.05, 0) is 18.3 Å². The summed E-state index contributed by atoms with van der Waals surface area (Å²) in [5.41, 5.74) is 6.01. The molecule has 3 N–H and O–H groups in total. The zero-order valence-electron chi connectivity index (χ0n) is 8.62. The van der Waals surface area contributed by atoms with Gasteiger partial charge in [0.1, 0.15) is 0 Å². The van der Waals surface area contributed by atoms with Crippen LogP contribution >= 0.6 is 12.2 Å². The van der Waals surface area contributed by atoms with E-state index in [9.17, 15) is 4.79 Å². The number of benzene rings is 1. The zero-order valence-corrected chi connectivity index (χ0v) is 9.44. The van der Waals surface area contributed by atoms with Gasteiger partial charge in [-0.1, -0.05) is 18.2 Å². The lowest BCUT2D eigenvalue weighted by Gasteiger charge is -2.09. The number of rotatable bonds is 3. The Balaban J connectivity index is 2.97. The third-order valence-corrected chi connectivity index (χ3v) is 2.14. The minimum absolute atomic E-state index is 0.115. The number of hydrazone groups is 1. The second-order valence-electron chi connectivity index (χ2n) is 3.00. The molecule has 5 nitrogen and oxygen atoms in total. The molecule has 1 aromatic carbocycles. The van der Waals surface area contributed by atoms with Crippen LogP contribution < -0.4 is 5.73 Å². The van der Waals surface area contributed by atoms with E-state index in [0.29, 0.717) is 5.56 Å². The maximum absolute atomic E-state index is 10.9. The van der Waals surface area contributed by atoms with E-state index >= 15 is 0 Å². The number of aromatic carboxylic acids is 1. The zero-order chi connectivity index (χ0) is 12.1. The van der Waals surface area contributed by atoms with Crippen molar-refractivity contribution < 1.29 is 9.90 Å². The van der Waals surface area contributed by atoms with Gasteiger partial charge in [-0.2, -0.15) is 5.10 Å². The Bertz CT molecular complexity index is 445. The van der Waals surface area contributed by atoms with Crippen molar-refractivity contribution in [3.05, 3.63) is 35.4 Å². The minimum Gasteiger partial charge on any atom is -0.478 e. The lowest BCUT2D eigenvalue weighted by Crippen LogP contribution is -2.27. The number of hydrogen-bond acceptors (Lipinski definition) is 3. The molecule has 0 heterocycles. The average Bonchev–Trinajstić information content (AvgIpc) is 2.25. The highest BCUT2D eigenvalue weighted by atomic mass is 32.1. The Kier molecular flexibility index (Phi) is 3.96. The molecule has 0 amide bonds. The Morgan fingerprint density at radius 2 is 2.19 bits per heavy atom. The second kappa shape index (κ2) is 5.22. The maximum atomic E-state index is 10.9. The predicted molar refractivity (Wildman–Crippen MR) is 65.5 cm³/mol. The Labute approximate surface area is 98.2 Å². The molecule has 0 radical (unpaired) electrons. The first-order valence-electron chi connectivity index (χ1n) is 4.42. The molecule has 84 valence electrons. The van der Waals surface area contributed by atoms with E-state index in [1.165, 1.54) is 17.3 Å². The van der Waals surface area contributed by atoms with Crippen molar-refractivity contribution in [2.75, 3.05) is 7.05 Å². The van der Waals surface area contributed by atoms with Crippen LogP contribution in [0.3, 0.4) is 0 Å². The fourth-order valence-corrected chi connectivity index (χ4v) is 1.06. The lowest BCUT2D eigenvalue weighted by molar-refractivity contribution is 0.0697. The van der Waals surface area contributed by atoms with E-state index in [1.54, 1.807) is 25.2 Å². The van der Waals surface area contributed by atoms with Crippen LogP contribution in [0.15, 0.2) is 29.4 Å². The first-order chi connectivity index (χ1) is 7.52. The van der Waals surface area contributed by atoms with Crippen LogP contribution in [-0.4, -0.2) is 34.5 Å². The first kappa shape index (κ1) is 12.1. The molecule has 0 saturated carbocycles. The second-order valence-corrected chi connectivity index (χ2v) is 3.42. The molecule has 0 bridgehead atoms. The van der Waals surface area contributed by atoms with Crippen molar-refractivity contribution in [1.29, 1.82) is 0 Å². The van der Waals surface area contributed by atoms with Crippen LogP contribution in [0.25, 0.3) is 0 Å². The molecule has 0 aliphatic rings. The lowest BCUT2D eigenvalue weighted by atomic mass is 10.1. The Morgan fingerprint density at radius 3 is 2.75 bits per heavy atom. The van der Waals surface area contributed by atoms with E-state index in [0.717, 1.165) is 0 Å². The van der Waals surface area contributed by atoms with E-state index in [1.807, 2.05) is 0 Å². The van der Waals surface area contributed by atoms with Crippen LogP contribution in [0.1, 0.15) is 15.9 Å². The number of carboxylic acids is 1. The van der Waals surface area contributed by atoms with Gasteiger partial charge in [-0.25, -0.2) is 9.80 Å². The first-order valence-corrected chi connectivity index (χ1v) is 4.82. The van der Waals surface area contributed by atoms with Crippen molar-refractivity contribution in [2.24, 2.45) is 10.8 Å².